The molecule has 1 aromatic heterocycles. The molecule has 0 saturated carbocycles. The van der Waals surface area contributed by atoms with E-state index in [1.807, 2.05) is 49.1 Å². The number of aromatic nitrogens is 1. The van der Waals surface area contributed by atoms with E-state index in [-0.39, 0.29) is 18.6 Å². The molecule has 1 N–H and O–H groups in total. The lowest BCUT2D eigenvalue weighted by atomic mass is 10.1. The first-order valence-electron chi connectivity index (χ1n) is 15.4. The van der Waals surface area contributed by atoms with Crippen molar-refractivity contribution in [2.45, 2.75) is 20.4 Å². The smallest absolute Gasteiger partial charge is 0.255 e. The molecule has 10 nitrogen and oxygen atoms in total. The summed E-state index contributed by atoms with van der Waals surface area (Å²) in [4.78, 5) is 36.6. The molecule has 12 heteroatoms. The monoisotopic (exact) mass is 675 g/mol. The summed E-state index contributed by atoms with van der Waals surface area (Å²) in [5, 5.41) is 3.47. The van der Waals surface area contributed by atoms with E-state index in [9.17, 15) is 9.59 Å². The number of benzene rings is 3. The summed E-state index contributed by atoms with van der Waals surface area (Å²) in [6, 6.07) is 20.0. The van der Waals surface area contributed by atoms with Gasteiger partial charge in [-0.05, 0) is 79.6 Å². The van der Waals surface area contributed by atoms with Crippen molar-refractivity contribution in [2.75, 3.05) is 56.3 Å². The van der Waals surface area contributed by atoms with E-state index in [2.05, 4.69) is 26.2 Å². The Hall–Kier alpha value is -4.51. The second kappa shape index (κ2) is 14.5. The number of piperazine rings is 1. The van der Waals surface area contributed by atoms with E-state index in [1.54, 1.807) is 24.3 Å². The average molecular weight is 677 g/mol. The number of rotatable bonds is 10. The van der Waals surface area contributed by atoms with Crippen molar-refractivity contribution in [3.8, 4) is 23.1 Å². The van der Waals surface area contributed by atoms with Gasteiger partial charge < -0.3 is 29.3 Å². The largest absolute Gasteiger partial charge is 0.454 e. The van der Waals surface area contributed by atoms with Crippen LogP contribution in [0.4, 0.5) is 11.4 Å². The van der Waals surface area contributed by atoms with Crippen LogP contribution >= 0.6 is 23.2 Å². The Bertz CT molecular complexity index is 1760. The van der Waals surface area contributed by atoms with Gasteiger partial charge in [0, 0.05) is 56.6 Å². The van der Waals surface area contributed by atoms with Gasteiger partial charge >= 0.3 is 0 Å². The van der Waals surface area contributed by atoms with Crippen LogP contribution in [0.3, 0.4) is 0 Å². The summed E-state index contributed by atoms with van der Waals surface area (Å²) < 4.78 is 17.0. The molecule has 244 valence electrons. The predicted octanol–water partition coefficient (Wildman–Crippen LogP) is 6.64. The predicted molar refractivity (Wildman–Crippen MR) is 182 cm³/mol. The molecule has 4 aromatic rings. The minimum Gasteiger partial charge on any atom is -0.454 e. The molecule has 1 fully saturated rings. The number of hydrogen-bond donors (Lipinski definition) is 1. The van der Waals surface area contributed by atoms with Crippen molar-refractivity contribution in [3.63, 3.8) is 0 Å². The number of pyridine rings is 1. The fourth-order valence-corrected chi connectivity index (χ4v) is 5.81. The first-order valence-corrected chi connectivity index (χ1v) is 16.2. The van der Waals surface area contributed by atoms with Crippen molar-refractivity contribution in [1.82, 2.24) is 14.8 Å². The number of nitrogens with one attached hydrogen (secondary N) is 1. The second-order valence-corrected chi connectivity index (χ2v) is 12.2. The number of nitrogens with zero attached hydrogens (tertiary/aromatic N) is 4. The lowest BCUT2D eigenvalue weighted by Crippen LogP contribution is -2.51. The fraction of sp³-hybridized carbons (Fsp3) is 0.286. The molecule has 0 bridgehead atoms. The van der Waals surface area contributed by atoms with E-state index >= 15 is 0 Å². The molecular formula is C35H35Cl2N5O5. The van der Waals surface area contributed by atoms with Gasteiger partial charge in [-0.1, -0.05) is 29.3 Å². The zero-order valence-electron chi connectivity index (χ0n) is 26.2. The van der Waals surface area contributed by atoms with Crippen LogP contribution in [0.1, 0.15) is 28.4 Å². The first kappa shape index (κ1) is 32.4. The molecule has 2 aliphatic heterocycles. The van der Waals surface area contributed by atoms with Gasteiger partial charge in [-0.2, -0.15) is 0 Å². The molecule has 0 unspecified atom stereocenters. The molecule has 0 aliphatic carbocycles. The molecule has 0 radical (unpaired) electrons. The Morgan fingerprint density at radius 2 is 1.74 bits per heavy atom. The maximum atomic E-state index is 13.3. The topological polar surface area (TPSA) is 96.5 Å². The zero-order chi connectivity index (χ0) is 32.9. The number of fused-ring (bicyclic) bond motifs is 1. The number of hydrogen-bond acceptors (Lipinski definition) is 8. The Labute approximate surface area is 283 Å². The number of ether oxygens (including phenoxy) is 3. The molecule has 47 heavy (non-hydrogen) atoms. The Balaban J connectivity index is 0.996. The Kier molecular flexibility index (Phi) is 10.0. The molecule has 3 heterocycles. The number of likely N-dealkylation sites (N-methyl/N-ethyl adjacent to an activating group) is 1. The van der Waals surface area contributed by atoms with Gasteiger partial charge in [-0.3, -0.25) is 14.5 Å². The molecule has 1 saturated heterocycles. The first-order chi connectivity index (χ1) is 22.7. The molecule has 2 amide bonds. The van der Waals surface area contributed by atoms with Crippen LogP contribution in [0.5, 0.6) is 23.1 Å². The third-order valence-corrected chi connectivity index (χ3v) is 8.93. The van der Waals surface area contributed by atoms with Crippen LogP contribution < -0.4 is 24.4 Å². The Morgan fingerprint density at radius 1 is 0.936 bits per heavy atom. The lowest BCUT2D eigenvalue weighted by Gasteiger charge is -2.36. The van der Waals surface area contributed by atoms with Crippen LogP contribution in [0.25, 0.3) is 0 Å². The van der Waals surface area contributed by atoms with Crippen molar-refractivity contribution in [1.29, 1.82) is 0 Å². The van der Waals surface area contributed by atoms with E-state index in [1.165, 1.54) is 17.8 Å². The molecule has 2 aliphatic rings. The van der Waals surface area contributed by atoms with Crippen LogP contribution in [0, 0.1) is 6.92 Å². The fourth-order valence-electron chi connectivity index (χ4n) is 5.51. The molecule has 6 rings (SSSR count). The minimum atomic E-state index is -0.329. The molecule has 3 aromatic carbocycles. The highest BCUT2D eigenvalue weighted by atomic mass is 35.5. The number of carbonyl (C=O) groups is 2. The number of amides is 2. The Morgan fingerprint density at radius 3 is 2.47 bits per heavy atom. The van der Waals surface area contributed by atoms with Crippen molar-refractivity contribution >= 4 is 46.4 Å². The summed E-state index contributed by atoms with van der Waals surface area (Å²) >= 11 is 12.0. The van der Waals surface area contributed by atoms with Gasteiger partial charge in [0.2, 0.25) is 18.6 Å². The number of aryl methyl sites for hydroxylation is 1. The van der Waals surface area contributed by atoms with Crippen LogP contribution in [-0.2, 0) is 11.3 Å². The lowest BCUT2D eigenvalue weighted by molar-refractivity contribution is -0.131. The summed E-state index contributed by atoms with van der Waals surface area (Å²) in [6.45, 7) is 9.08. The van der Waals surface area contributed by atoms with Crippen LogP contribution in [0.2, 0.25) is 10.0 Å². The summed E-state index contributed by atoms with van der Waals surface area (Å²) in [6.07, 6.45) is 1.52. The van der Waals surface area contributed by atoms with E-state index in [4.69, 9.17) is 37.4 Å². The van der Waals surface area contributed by atoms with Gasteiger partial charge in [0.1, 0.15) is 5.75 Å². The third-order valence-electron chi connectivity index (χ3n) is 8.19. The van der Waals surface area contributed by atoms with Crippen molar-refractivity contribution in [2.24, 2.45) is 0 Å². The SMILES string of the molecule is CCN(CC(=O)N1CCN(Cc2ccc3c(c2)OCO3)CC1)c1ccc(Oc2ccc(NC(=O)c3ccc(Cl)c(Cl)c3)cn2)c(C)c1. The van der Waals surface area contributed by atoms with E-state index < -0.39 is 0 Å². The van der Waals surface area contributed by atoms with Crippen LogP contribution in [-0.4, -0.2) is 72.7 Å². The third kappa shape index (κ3) is 7.90. The highest BCUT2D eigenvalue weighted by Crippen LogP contribution is 2.33. The minimum absolute atomic E-state index is 0.114. The summed E-state index contributed by atoms with van der Waals surface area (Å²) in [7, 11) is 0. The van der Waals surface area contributed by atoms with E-state index in [0.29, 0.717) is 59.1 Å². The molecule has 0 spiro atoms. The van der Waals surface area contributed by atoms with Gasteiger partial charge in [-0.25, -0.2) is 4.98 Å². The number of halogens is 2. The van der Waals surface area contributed by atoms with Gasteiger partial charge in [-0.15, -0.1) is 0 Å². The summed E-state index contributed by atoms with van der Waals surface area (Å²) in [5.41, 5.74) is 3.92. The number of carbonyl (C=O) groups excluding carboxylic acids is 2. The normalized spacial score (nSPS) is 14.2. The highest BCUT2D eigenvalue weighted by Gasteiger charge is 2.24. The van der Waals surface area contributed by atoms with E-state index in [0.717, 1.165) is 42.4 Å². The maximum absolute atomic E-state index is 13.3. The maximum Gasteiger partial charge on any atom is 0.255 e. The van der Waals surface area contributed by atoms with Gasteiger partial charge in [0.25, 0.3) is 5.91 Å². The van der Waals surface area contributed by atoms with Gasteiger partial charge in [0.05, 0.1) is 28.5 Å². The van der Waals surface area contributed by atoms with Crippen molar-refractivity contribution in [3.05, 3.63) is 99.7 Å². The second-order valence-electron chi connectivity index (χ2n) is 11.4. The highest BCUT2D eigenvalue weighted by molar-refractivity contribution is 6.42. The molecule has 0 atom stereocenters. The van der Waals surface area contributed by atoms with Crippen molar-refractivity contribution < 1.29 is 23.8 Å². The quantitative estimate of drug-likeness (QED) is 0.200. The van der Waals surface area contributed by atoms with Crippen LogP contribution in [0.15, 0.2) is 72.9 Å². The standard InChI is InChI=1S/C35H35Cl2N5O5/c1-3-41(21-34(43)42-14-12-40(13-15-42)20-24-4-9-31-32(17-24)46-22-45-31)27-7-10-30(23(2)16-27)47-33-11-6-26(19-38-33)39-35(44)25-5-8-28(36)29(37)18-25/h4-11,16-19H,3,12-15,20-22H2,1-2H3,(H,39,44). The number of anilines is 2. The summed E-state index contributed by atoms with van der Waals surface area (Å²) in [5.74, 6) is 2.40. The zero-order valence-corrected chi connectivity index (χ0v) is 27.7. The average Bonchev–Trinajstić information content (AvgIpc) is 3.55. The molecular weight excluding hydrogens is 641 g/mol. The van der Waals surface area contributed by atoms with Gasteiger partial charge in [0.15, 0.2) is 11.5 Å².